The van der Waals surface area contributed by atoms with Gasteiger partial charge in [-0.3, -0.25) is 19.7 Å². The summed E-state index contributed by atoms with van der Waals surface area (Å²) in [5.41, 5.74) is 2.75. The molecule has 8 heteroatoms. The van der Waals surface area contributed by atoms with E-state index in [1.165, 1.54) is 0 Å². The summed E-state index contributed by atoms with van der Waals surface area (Å²) in [6, 6.07) is 11.8. The van der Waals surface area contributed by atoms with Crippen molar-refractivity contribution in [1.82, 2.24) is 35.2 Å². The maximum Gasteiger partial charge on any atom is 0.241 e. The first-order valence-corrected chi connectivity index (χ1v) is 8.91. The summed E-state index contributed by atoms with van der Waals surface area (Å²) < 4.78 is 1.56. The molecule has 0 fully saturated rings. The molecule has 3 heterocycles. The molecule has 0 spiro atoms. The Labute approximate surface area is 158 Å². The molecule has 3 aromatic rings. The Kier molecular flexibility index (Phi) is 6.59. The topological polar surface area (TPSA) is 88.8 Å². The fourth-order valence-corrected chi connectivity index (χ4v) is 2.73. The van der Waals surface area contributed by atoms with Crippen LogP contribution >= 0.6 is 0 Å². The molecule has 8 nitrogen and oxygen atoms in total. The van der Waals surface area contributed by atoms with Crippen LogP contribution in [0.15, 0.2) is 55.0 Å². The van der Waals surface area contributed by atoms with E-state index in [1.54, 1.807) is 23.3 Å². The van der Waals surface area contributed by atoms with Crippen molar-refractivity contribution in [3.63, 3.8) is 0 Å². The van der Waals surface area contributed by atoms with E-state index in [0.717, 1.165) is 17.1 Å². The molecule has 140 valence electrons. The number of amides is 1. The molecule has 0 saturated carbocycles. The van der Waals surface area contributed by atoms with Crippen molar-refractivity contribution in [2.45, 2.75) is 33.1 Å². The highest BCUT2D eigenvalue weighted by Crippen LogP contribution is 2.10. The lowest BCUT2D eigenvalue weighted by Crippen LogP contribution is -2.27. The lowest BCUT2D eigenvalue weighted by Gasteiger charge is -2.20. The van der Waals surface area contributed by atoms with Crippen LogP contribution in [-0.4, -0.2) is 42.3 Å². The quantitative estimate of drug-likeness (QED) is 0.617. The van der Waals surface area contributed by atoms with Crippen molar-refractivity contribution in [1.29, 1.82) is 0 Å². The van der Waals surface area contributed by atoms with Crippen LogP contribution in [0.5, 0.6) is 0 Å². The minimum Gasteiger partial charge on any atom is -0.355 e. The number of aromatic nitrogens is 5. The molecule has 0 aliphatic carbocycles. The molecule has 0 aromatic carbocycles. The average Bonchev–Trinajstić information content (AvgIpc) is 3.10. The Balaban J connectivity index is 1.69. The van der Waals surface area contributed by atoms with Gasteiger partial charge in [-0.25, -0.2) is 4.68 Å². The predicted octanol–water partition coefficient (Wildman–Crippen LogP) is 1.41. The predicted molar refractivity (Wildman–Crippen MR) is 100 cm³/mol. The number of nitrogens with one attached hydrogen (secondary N) is 1. The van der Waals surface area contributed by atoms with Gasteiger partial charge in [-0.15, -0.1) is 5.10 Å². The van der Waals surface area contributed by atoms with Crippen LogP contribution in [-0.2, 0) is 31.0 Å². The molecule has 1 amide bonds. The third-order valence-electron chi connectivity index (χ3n) is 3.87. The monoisotopic (exact) mass is 365 g/mol. The summed E-state index contributed by atoms with van der Waals surface area (Å²) in [5, 5.41) is 11.0. The smallest absolute Gasteiger partial charge is 0.241 e. The van der Waals surface area contributed by atoms with Gasteiger partial charge in [-0.05, 0) is 31.2 Å². The molecule has 3 aromatic heterocycles. The van der Waals surface area contributed by atoms with E-state index in [0.29, 0.717) is 26.2 Å². The lowest BCUT2D eigenvalue weighted by atomic mass is 10.2. The highest BCUT2D eigenvalue weighted by molar-refractivity contribution is 5.75. The van der Waals surface area contributed by atoms with Gasteiger partial charge in [0.15, 0.2) is 0 Å². The van der Waals surface area contributed by atoms with E-state index < -0.39 is 0 Å². The molecule has 3 rings (SSSR count). The van der Waals surface area contributed by atoms with Gasteiger partial charge in [0.05, 0.1) is 23.3 Å². The van der Waals surface area contributed by atoms with Gasteiger partial charge in [0.1, 0.15) is 6.54 Å². The molecule has 0 unspecified atom stereocenters. The van der Waals surface area contributed by atoms with Crippen LogP contribution in [0.25, 0.3) is 0 Å². The number of nitrogens with zero attached hydrogens (tertiary/aromatic N) is 6. The fourth-order valence-electron chi connectivity index (χ4n) is 2.73. The zero-order valence-electron chi connectivity index (χ0n) is 15.3. The number of hydrogen-bond acceptors (Lipinski definition) is 6. The van der Waals surface area contributed by atoms with E-state index in [9.17, 15) is 4.79 Å². The molecule has 27 heavy (non-hydrogen) atoms. The van der Waals surface area contributed by atoms with Crippen molar-refractivity contribution in [3.05, 3.63) is 72.1 Å². The standard InChI is InChI=1S/C19H23N7O/c1-2-20-19(27)15-26-14-18(23-24-26)13-25(11-16-7-3-5-9-21-16)12-17-8-4-6-10-22-17/h3-10,14H,2,11-13,15H2,1H3,(H,20,27). The van der Waals surface area contributed by atoms with E-state index in [1.807, 2.05) is 43.3 Å². The van der Waals surface area contributed by atoms with E-state index in [-0.39, 0.29) is 12.5 Å². The van der Waals surface area contributed by atoms with Crippen LogP contribution < -0.4 is 5.32 Å². The Morgan fingerprint density at radius 3 is 2.19 bits per heavy atom. The summed E-state index contributed by atoms with van der Waals surface area (Å²) >= 11 is 0. The molecular weight excluding hydrogens is 342 g/mol. The van der Waals surface area contributed by atoms with Crippen molar-refractivity contribution < 1.29 is 4.79 Å². The maximum absolute atomic E-state index is 11.7. The number of hydrogen-bond donors (Lipinski definition) is 1. The summed E-state index contributed by atoms with van der Waals surface area (Å²) in [5.74, 6) is -0.0761. The molecule has 0 aliphatic heterocycles. The van der Waals surface area contributed by atoms with Crippen molar-refractivity contribution >= 4 is 5.91 Å². The summed E-state index contributed by atoms with van der Waals surface area (Å²) in [6.07, 6.45) is 5.38. The van der Waals surface area contributed by atoms with E-state index in [4.69, 9.17) is 0 Å². The van der Waals surface area contributed by atoms with Crippen molar-refractivity contribution in [2.24, 2.45) is 0 Å². The van der Waals surface area contributed by atoms with E-state index >= 15 is 0 Å². The molecule has 0 saturated heterocycles. The zero-order valence-corrected chi connectivity index (χ0v) is 15.3. The van der Waals surface area contributed by atoms with Gasteiger partial charge in [-0.1, -0.05) is 17.3 Å². The third kappa shape index (κ3) is 5.96. The number of rotatable bonds is 9. The van der Waals surface area contributed by atoms with Crippen LogP contribution in [0.2, 0.25) is 0 Å². The van der Waals surface area contributed by atoms with Crippen molar-refractivity contribution in [2.75, 3.05) is 6.54 Å². The number of carbonyl (C=O) groups excluding carboxylic acids is 1. The minimum atomic E-state index is -0.0761. The van der Waals surface area contributed by atoms with Crippen molar-refractivity contribution in [3.8, 4) is 0 Å². The number of likely N-dealkylation sites (N-methyl/N-ethyl adjacent to an activating group) is 1. The average molecular weight is 365 g/mol. The first-order valence-electron chi connectivity index (χ1n) is 8.91. The van der Waals surface area contributed by atoms with Gasteiger partial charge < -0.3 is 5.32 Å². The van der Waals surface area contributed by atoms with Gasteiger partial charge in [0.2, 0.25) is 5.91 Å². The highest BCUT2D eigenvalue weighted by Gasteiger charge is 2.13. The summed E-state index contributed by atoms with van der Waals surface area (Å²) in [7, 11) is 0. The second kappa shape index (κ2) is 9.54. The second-order valence-corrected chi connectivity index (χ2v) is 6.15. The van der Waals surface area contributed by atoms with Crippen LogP contribution in [0, 0.1) is 0 Å². The molecule has 0 aliphatic rings. The number of pyridine rings is 2. The second-order valence-electron chi connectivity index (χ2n) is 6.15. The van der Waals surface area contributed by atoms with Gasteiger partial charge in [0.25, 0.3) is 0 Å². The Bertz CT molecular complexity index is 794. The molecular formula is C19H23N7O. The number of carbonyl (C=O) groups is 1. The Morgan fingerprint density at radius 1 is 1.00 bits per heavy atom. The molecule has 0 bridgehead atoms. The third-order valence-corrected chi connectivity index (χ3v) is 3.87. The minimum absolute atomic E-state index is 0.0761. The summed E-state index contributed by atoms with van der Waals surface area (Å²) in [6.45, 7) is 4.57. The largest absolute Gasteiger partial charge is 0.355 e. The first-order chi connectivity index (χ1) is 13.2. The SMILES string of the molecule is CCNC(=O)Cn1cc(CN(Cc2ccccn2)Cc2ccccn2)nn1. The van der Waals surface area contributed by atoms with E-state index in [2.05, 4.69) is 30.5 Å². The lowest BCUT2D eigenvalue weighted by molar-refractivity contribution is -0.121. The first kappa shape index (κ1) is 18.7. The summed E-state index contributed by atoms with van der Waals surface area (Å²) in [4.78, 5) is 22.7. The maximum atomic E-state index is 11.7. The highest BCUT2D eigenvalue weighted by atomic mass is 16.2. The molecule has 0 radical (unpaired) electrons. The normalized spacial score (nSPS) is 10.9. The Morgan fingerprint density at radius 2 is 1.63 bits per heavy atom. The van der Waals surface area contributed by atoms with Crippen LogP contribution in [0.4, 0.5) is 0 Å². The van der Waals surface area contributed by atoms with Crippen LogP contribution in [0.3, 0.4) is 0 Å². The van der Waals surface area contributed by atoms with Gasteiger partial charge in [-0.2, -0.15) is 0 Å². The van der Waals surface area contributed by atoms with Gasteiger partial charge >= 0.3 is 0 Å². The van der Waals surface area contributed by atoms with Crippen LogP contribution in [0.1, 0.15) is 24.0 Å². The van der Waals surface area contributed by atoms with Gasteiger partial charge in [0, 0.05) is 38.6 Å². The Hall–Kier alpha value is -3.13. The molecule has 1 N–H and O–H groups in total. The molecule has 0 atom stereocenters. The zero-order chi connectivity index (χ0) is 18.9. The fraction of sp³-hybridized carbons (Fsp3) is 0.316.